The second-order valence-corrected chi connectivity index (χ2v) is 11.5. The zero-order valence-electron chi connectivity index (χ0n) is 19.4. The number of thiazole rings is 1. The predicted molar refractivity (Wildman–Crippen MR) is 141 cm³/mol. The summed E-state index contributed by atoms with van der Waals surface area (Å²) < 4.78 is 28.0. The van der Waals surface area contributed by atoms with Crippen LogP contribution in [0.3, 0.4) is 0 Å². The van der Waals surface area contributed by atoms with E-state index in [1.807, 2.05) is 97.9 Å². The van der Waals surface area contributed by atoms with E-state index in [0.717, 1.165) is 5.56 Å². The van der Waals surface area contributed by atoms with Crippen LogP contribution < -0.4 is 4.87 Å². The smallest absolute Gasteiger partial charge is 0.312 e. The van der Waals surface area contributed by atoms with Crippen LogP contribution >= 0.6 is 11.3 Å². The van der Waals surface area contributed by atoms with Gasteiger partial charge in [0, 0.05) is 0 Å². The molecule has 0 bridgehead atoms. The Labute approximate surface area is 213 Å². The minimum Gasteiger partial charge on any atom is -0.493 e. The van der Waals surface area contributed by atoms with Crippen LogP contribution in [0.2, 0.25) is 0 Å². The summed E-state index contributed by atoms with van der Waals surface area (Å²) in [5.74, 6) is -0.595. The van der Waals surface area contributed by atoms with Crippen molar-refractivity contribution in [3.63, 3.8) is 0 Å². The molecule has 0 fully saturated rings. The molecule has 1 heterocycles. The number of rotatable bonds is 6. The minimum absolute atomic E-state index is 0.0153. The third-order valence-electron chi connectivity index (χ3n) is 6.24. The molecule has 0 aliphatic carbocycles. The van der Waals surface area contributed by atoms with E-state index >= 15 is 0 Å². The molecule has 1 N–H and O–H groups in total. The van der Waals surface area contributed by atoms with E-state index in [4.69, 9.17) is 0 Å². The summed E-state index contributed by atoms with van der Waals surface area (Å²) in [7, 11) is -4.15. The van der Waals surface area contributed by atoms with Gasteiger partial charge >= 0.3 is 4.87 Å². The van der Waals surface area contributed by atoms with Crippen LogP contribution in [0.25, 0.3) is 0 Å². The van der Waals surface area contributed by atoms with Crippen molar-refractivity contribution in [2.75, 3.05) is 0 Å². The molecule has 5 rings (SSSR count). The van der Waals surface area contributed by atoms with Crippen LogP contribution in [0.1, 0.15) is 22.3 Å². The summed E-state index contributed by atoms with van der Waals surface area (Å²) in [6.45, 7) is 1.86. The summed E-state index contributed by atoms with van der Waals surface area (Å²) in [5.41, 5.74) is 1.70. The quantitative estimate of drug-likeness (QED) is 0.300. The van der Waals surface area contributed by atoms with Crippen molar-refractivity contribution >= 4 is 21.2 Å². The lowest BCUT2D eigenvalue weighted by Crippen LogP contribution is -2.42. The fraction of sp³-hybridized carbons (Fsp3) is 0.0690. The molecular weight excluding hydrogens is 490 g/mol. The van der Waals surface area contributed by atoms with Gasteiger partial charge in [-0.2, -0.15) is 0 Å². The maximum Gasteiger partial charge on any atom is 0.312 e. The Hall–Kier alpha value is -3.94. The number of aryl methyl sites for hydroxylation is 1. The molecular formula is C29H23NO4S2. The Balaban J connectivity index is 1.89. The van der Waals surface area contributed by atoms with Gasteiger partial charge in [0.25, 0.3) is 0 Å². The molecule has 0 unspecified atom stereocenters. The van der Waals surface area contributed by atoms with E-state index in [0.29, 0.717) is 28.0 Å². The van der Waals surface area contributed by atoms with Crippen molar-refractivity contribution in [2.24, 2.45) is 0 Å². The van der Waals surface area contributed by atoms with Gasteiger partial charge in [0.15, 0.2) is 4.21 Å². The zero-order valence-corrected chi connectivity index (χ0v) is 21.0. The molecule has 4 aromatic carbocycles. The van der Waals surface area contributed by atoms with E-state index in [-0.39, 0.29) is 9.10 Å². The molecule has 5 aromatic rings. The summed E-state index contributed by atoms with van der Waals surface area (Å²) in [6, 6.07) is 34.3. The average molecular weight is 514 g/mol. The van der Waals surface area contributed by atoms with E-state index in [2.05, 4.69) is 0 Å². The SMILES string of the molecule is Cc1ccc(S(=O)(=O)c2sc(=O)n(C(c3ccccc3)(c3ccccc3)c3ccccc3)c2O)cc1. The molecule has 0 radical (unpaired) electrons. The van der Waals surface area contributed by atoms with Gasteiger partial charge in [-0.1, -0.05) is 120 Å². The van der Waals surface area contributed by atoms with Gasteiger partial charge in [-0.15, -0.1) is 0 Å². The maximum absolute atomic E-state index is 13.7. The summed E-state index contributed by atoms with van der Waals surface area (Å²) >= 11 is 0.527. The monoisotopic (exact) mass is 513 g/mol. The van der Waals surface area contributed by atoms with Gasteiger partial charge in [-0.3, -0.25) is 4.79 Å². The number of aromatic nitrogens is 1. The highest BCUT2D eigenvalue weighted by molar-refractivity contribution is 7.93. The highest BCUT2D eigenvalue weighted by atomic mass is 32.2. The number of hydrogen-bond donors (Lipinski definition) is 1. The molecule has 7 heteroatoms. The van der Waals surface area contributed by atoms with Crippen molar-refractivity contribution in [2.45, 2.75) is 21.6 Å². The van der Waals surface area contributed by atoms with E-state index in [1.165, 1.54) is 16.7 Å². The number of hydrogen-bond acceptors (Lipinski definition) is 5. The molecule has 0 amide bonds. The summed E-state index contributed by atoms with van der Waals surface area (Å²) in [4.78, 5) is 13.1. The van der Waals surface area contributed by atoms with Gasteiger partial charge < -0.3 is 5.11 Å². The number of aromatic hydroxyl groups is 1. The lowest BCUT2D eigenvalue weighted by Gasteiger charge is -2.37. The molecule has 0 aliphatic heterocycles. The number of benzene rings is 4. The van der Waals surface area contributed by atoms with Crippen LogP contribution in [-0.2, 0) is 15.4 Å². The first-order valence-electron chi connectivity index (χ1n) is 11.3. The van der Waals surface area contributed by atoms with Crippen molar-refractivity contribution in [1.82, 2.24) is 4.57 Å². The van der Waals surface area contributed by atoms with Crippen LogP contribution in [0, 0.1) is 6.92 Å². The average Bonchev–Trinajstić information content (AvgIpc) is 3.22. The van der Waals surface area contributed by atoms with Crippen molar-refractivity contribution < 1.29 is 13.5 Å². The van der Waals surface area contributed by atoms with Gasteiger partial charge in [0.2, 0.25) is 15.7 Å². The van der Waals surface area contributed by atoms with Crippen LogP contribution in [0.15, 0.2) is 129 Å². The first-order chi connectivity index (χ1) is 17.4. The second-order valence-electron chi connectivity index (χ2n) is 8.44. The molecule has 180 valence electrons. The molecule has 0 atom stereocenters. The Bertz CT molecular complexity index is 1560. The zero-order chi connectivity index (χ0) is 25.3. The normalized spacial score (nSPS) is 11.9. The predicted octanol–water partition coefficient (Wildman–Crippen LogP) is 5.60. The fourth-order valence-electron chi connectivity index (χ4n) is 4.57. The maximum atomic E-state index is 13.7. The fourth-order valence-corrected chi connectivity index (χ4v) is 7.21. The number of nitrogens with zero attached hydrogens (tertiary/aromatic N) is 1. The molecule has 0 aliphatic rings. The number of sulfone groups is 1. The van der Waals surface area contributed by atoms with E-state index in [9.17, 15) is 18.3 Å². The first-order valence-corrected chi connectivity index (χ1v) is 13.6. The highest BCUT2D eigenvalue weighted by Crippen LogP contribution is 2.45. The van der Waals surface area contributed by atoms with Crippen LogP contribution in [0.5, 0.6) is 5.88 Å². The van der Waals surface area contributed by atoms with Gasteiger partial charge in [0.1, 0.15) is 5.54 Å². The van der Waals surface area contributed by atoms with Gasteiger partial charge in [-0.25, -0.2) is 13.0 Å². The summed E-state index contributed by atoms with van der Waals surface area (Å²) in [6.07, 6.45) is 0. The van der Waals surface area contributed by atoms with E-state index < -0.39 is 26.1 Å². The topological polar surface area (TPSA) is 76.4 Å². The Kier molecular flexibility index (Phi) is 6.12. The standard InChI is InChI=1S/C29H23NO4S2/c1-21-17-19-25(20-18-21)36(33,34)27-26(31)30(28(32)35-27)29(22-11-5-2-6-12-22,23-13-7-3-8-14-23)24-15-9-4-10-16-24/h2-20,31H,1H3. The summed E-state index contributed by atoms with van der Waals surface area (Å²) in [5, 5.41) is 11.6. The van der Waals surface area contributed by atoms with Crippen LogP contribution in [0.4, 0.5) is 0 Å². The van der Waals surface area contributed by atoms with Crippen LogP contribution in [-0.4, -0.2) is 18.1 Å². The molecule has 1 aromatic heterocycles. The van der Waals surface area contributed by atoms with Gasteiger partial charge in [-0.05, 0) is 35.7 Å². The van der Waals surface area contributed by atoms with Crippen molar-refractivity contribution in [3.8, 4) is 5.88 Å². The van der Waals surface area contributed by atoms with Crippen molar-refractivity contribution in [3.05, 3.63) is 147 Å². The Morgan fingerprint density at radius 1 is 0.694 bits per heavy atom. The Morgan fingerprint density at radius 2 is 1.11 bits per heavy atom. The minimum atomic E-state index is -4.15. The molecule has 0 saturated heterocycles. The molecule has 0 spiro atoms. The molecule has 5 nitrogen and oxygen atoms in total. The first kappa shape index (κ1) is 23.8. The lowest BCUT2D eigenvalue weighted by atomic mass is 9.76. The lowest BCUT2D eigenvalue weighted by molar-refractivity contribution is 0.363. The highest BCUT2D eigenvalue weighted by Gasteiger charge is 2.44. The largest absolute Gasteiger partial charge is 0.493 e. The van der Waals surface area contributed by atoms with E-state index in [1.54, 1.807) is 12.1 Å². The Morgan fingerprint density at radius 3 is 1.53 bits per heavy atom. The molecule has 0 saturated carbocycles. The third-order valence-corrected chi connectivity index (χ3v) is 9.44. The molecule has 36 heavy (non-hydrogen) atoms. The second kappa shape index (κ2) is 9.26. The third kappa shape index (κ3) is 3.77. The van der Waals surface area contributed by atoms with Crippen molar-refractivity contribution in [1.29, 1.82) is 0 Å². The van der Waals surface area contributed by atoms with Gasteiger partial charge in [0.05, 0.1) is 4.90 Å².